The van der Waals surface area contributed by atoms with Crippen LogP contribution < -0.4 is 5.32 Å². The molecular weight excluding hydrogens is 242 g/mol. The molecule has 0 unspecified atom stereocenters. The first-order chi connectivity index (χ1) is 9.10. The Bertz CT molecular complexity index is 587. The summed E-state index contributed by atoms with van der Waals surface area (Å²) < 4.78 is 5.17. The van der Waals surface area contributed by atoms with Gasteiger partial charge in [0.05, 0.1) is 0 Å². The number of rotatable bonds is 5. The van der Waals surface area contributed by atoms with Crippen molar-refractivity contribution in [3.05, 3.63) is 53.0 Å². The number of anilines is 1. The standard InChI is InChI=1S/C15H17NO3/c1-3-11-5-4-6-13(7-11)16-9-12-8-14(15(17)18)19-10(12)2/h4-8,16H,3,9H2,1-2H3,(H,17,18). The van der Waals surface area contributed by atoms with Gasteiger partial charge in [0.2, 0.25) is 5.76 Å². The number of carboxylic acids is 1. The van der Waals surface area contributed by atoms with Gasteiger partial charge in [-0.2, -0.15) is 0 Å². The monoisotopic (exact) mass is 259 g/mol. The Morgan fingerprint density at radius 3 is 2.79 bits per heavy atom. The van der Waals surface area contributed by atoms with Crippen LogP contribution in [0.3, 0.4) is 0 Å². The van der Waals surface area contributed by atoms with Gasteiger partial charge < -0.3 is 14.8 Å². The summed E-state index contributed by atoms with van der Waals surface area (Å²) in [6.07, 6.45) is 0.990. The molecule has 0 bridgehead atoms. The van der Waals surface area contributed by atoms with E-state index >= 15 is 0 Å². The van der Waals surface area contributed by atoms with Gasteiger partial charge in [-0.05, 0) is 37.1 Å². The van der Waals surface area contributed by atoms with E-state index in [4.69, 9.17) is 9.52 Å². The molecule has 0 saturated carbocycles. The van der Waals surface area contributed by atoms with Crippen LogP contribution >= 0.6 is 0 Å². The van der Waals surface area contributed by atoms with E-state index in [0.717, 1.165) is 17.7 Å². The number of aromatic carboxylic acids is 1. The van der Waals surface area contributed by atoms with Gasteiger partial charge in [0.15, 0.2) is 0 Å². The van der Waals surface area contributed by atoms with Crippen LogP contribution in [0.15, 0.2) is 34.7 Å². The van der Waals surface area contributed by atoms with Gasteiger partial charge in [0.25, 0.3) is 0 Å². The highest BCUT2D eigenvalue weighted by Crippen LogP contribution is 2.17. The summed E-state index contributed by atoms with van der Waals surface area (Å²) in [5.41, 5.74) is 3.15. The molecule has 2 rings (SSSR count). The van der Waals surface area contributed by atoms with Crippen molar-refractivity contribution >= 4 is 11.7 Å². The number of nitrogens with one attached hydrogen (secondary N) is 1. The van der Waals surface area contributed by atoms with Crippen molar-refractivity contribution in [2.45, 2.75) is 26.8 Å². The molecule has 0 radical (unpaired) electrons. The predicted octanol–water partition coefficient (Wildman–Crippen LogP) is 3.46. The maximum Gasteiger partial charge on any atom is 0.371 e. The van der Waals surface area contributed by atoms with Gasteiger partial charge in [-0.3, -0.25) is 0 Å². The molecule has 0 spiro atoms. The number of benzene rings is 1. The third-order valence-corrected chi connectivity index (χ3v) is 3.05. The largest absolute Gasteiger partial charge is 0.475 e. The van der Waals surface area contributed by atoms with Crippen LogP contribution in [-0.4, -0.2) is 11.1 Å². The fourth-order valence-corrected chi connectivity index (χ4v) is 1.90. The van der Waals surface area contributed by atoms with E-state index < -0.39 is 5.97 Å². The zero-order chi connectivity index (χ0) is 13.8. The molecule has 0 aliphatic rings. The van der Waals surface area contributed by atoms with E-state index in [1.54, 1.807) is 13.0 Å². The zero-order valence-electron chi connectivity index (χ0n) is 11.1. The fraction of sp³-hybridized carbons (Fsp3) is 0.267. The summed E-state index contributed by atoms with van der Waals surface area (Å²) in [6, 6.07) is 9.73. The van der Waals surface area contributed by atoms with Gasteiger partial charge in [-0.15, -0.1) is 0 Å². The first-order valence-electron chi connectivity index (χ1n) is 6.25. The maximum atomic E-state index is 10.8. The van der Waals surface area contributed by atoms with Crippen LogP contribution in [-0.2, 0) is 13.0 Å². The van der Waals surface area contributed by atoms with Crippen LogP contribution in [0.25, 0.3) is 0 Å². The number of furan rings is 1. The van der Waals surface area contributed by atoms with E-state index in [9.17, 15) is 4.79 Å². The summed E-state index contributed by atoms with van der Waals surface area (Å²) >= 11 is 0. The van der Waals surface area contributed by atoms with Crippen LogP contribution in [0.2, 0.25) is 0 Å². The normalized spacial score (nSPS) is 10.4. The summed E-state index contributed by atoms with van der Waals surface area (Å²) in [7, 11) is 0. The Balaban J connectivity index is 2.07. The average molecular weight is 259 g/mol. The number of carbonyl (C=O) groups is 1. The average Bonchev–Trinajstić information content (AvgIpc) is 2.78. The number of hydrogen-bond acceptors (Lipinski definition) is 3. The Hall–Kier alpha value is -2.23. The zero-order valence-corrected chi connectivity index (χ0v) is 11.1. The van der Waals surface area contributed by atoms with Crippen molar-refractivity contribution in [1.29, 1.82) is 0 Å². The smallest absolute Gasteiger partial charge is 0.371 e. The van der Waals surface area contributed by atoms with E-state index in [1.165, 1.54) is 5.56 Å². The Labute approximate surface area is 112 Å². The first kappa shape index (κ1) is 13.2. The molecule has 4 nitrogen and oxygen atoms in total. The summed E-state index contributed by atoms with van der Waals surface area (Å²) in [5.74, 6) is -0.421. The van der Waals surface area contributed by atoms with E-state index in [0.29, 0.717) is 12.3 Å². The second kappa shape index (κ2) is 5.61. The third-order valence-electron chi connectivity index (χ3n) is 3.05. The number of carboxylic acid groups (broad SMARTS) is 1. The van der Waals surface area contributed by atoms with Crippen LogP contribution in [0.4, 0.5) is 5.69 Å². The Kier molecular flexibility index (Phi) is 3.90. The van der Waals surface area contributed by atoms with Crippen LogP contribution in [0, 0.1) is 6.92 Å². The second-order valence-corrected chi connectivity index (χ2v) is 4.40. The highest BCUT2D eigenvalue weighted by atomic mass is 16.4. The molecule has 4 heteroatoms. The van der Waals surface area contributed by atoms with Crippen LogP contribution in [0.5, 0.6) is 0 Å². The second-order valence-electron chi connectivity index (χ2n) is 4.40. The van der Waals surface area contributed by atoms with Gasteiger partial charge in [0.1, 0.15) is 5.76 Å². The molecule has 0 atom stereocenters. The van der Waals surface area contributed by atoms with Crippen LogP contribution in [0.1, 0.15) is 34.4 Å². The molecule has 0 fully saturated rings. The van der Waals surface area contributed by atoms with Gasteiger partial charge >= 0.3 is 5.97 Å². The van der Waals surface area contributed by atoms with E-state index in [1.807, 2.05) is 12.1 Å². The molecular formula is C15H17NO3. The molecule has 0 amide bonds. The summed E-state index contributed by atoms with van der Waals surface area (Å²) in [5, 5.41) is 12.1. The lowest BCUT2D eigenvalue weighted by Crippen LogP contribution is -2.00. The minimum atomic E-state index is -1.04. The van der Waals surface area contributed by atoms with Crippen molar-refractivity contribution in [2.75, 3.05) is 5.32 Å². The Morgan fingerprint density at radius 1 is 1.37 bits per heavy atom. The van der Waals surface area contributed by atoms with Gasteiger partial charge in [-0.1, -0.05) is 19.1 Å². The molecule has 1 aromatic heterocycles. The lowest BCUT2D eigenvalue weighted by molar-refractivity contribution is 0.0661. The van der Waals surface area contributed by atoms with E-state index in [-0.39, 0.29) is 5.76 Å². The first-order valence-corrected chi connectivity index (χ1v) is 6.25. The topological polar surface area (TPSA) is 62.5 Å². The molecule has 2 N–H and O–H groups in total. The molecule has 19 heavy (non-hydrogen) atoms. The van der Waals surface area contributed by atoms with Crippen molar-refractivity contribution in [3.8, 4) is 0 Å². The maximum absolute atomic E-state index is 10.8. The lowest BCUT2D eigenvalue weighted by atomic mass is 10.1. The molecule has 2 aromatic rings. The molecule has 100 valence electrons. The molecule has 0 aliphatic carbocycles. The van der Waals surface area contributed by atoms with Gasteiger partial charge in [-0.25, -0.2) is 4.79 Å². The predicted molar refractivity (Wildman–Crippen MR) is 73.6 cm³/mol. The number of aryl methyl sites for hydroxylation is 2. The van der Waals surface area contributed by atoms with Crippen molar-refractivity contribution in [2.24, 2.45) is 0 Å². The van der Waals surface area contributed by atoms with Crippen molar-refractivity contribution < 1.29 is 14.3 Å². The minimum absolute atomic E-state index is 0.0170. The summed E-state index contributed by atoms with van der Waals surface area (Å²) in [4.78, 5) is 10.8. The summed E-state index contributed by atoms with van der Waals surface area (Å²) in [6.45, 7) is 4.43. The quantitative estimate of drug-likeness (QED) is 0.863. The van der Waals surface area contributed by atoms with E-state index in [2.05, 4.69) is 24.4 Å². The Morgan fingerprint density at radius 2 is 2.16 bits per heavy atom. The number of hydrogen-bond donors (Lipinski definition) is 2. The van der Waals surface area contributed by atoms with Gasteiger partial charge in [0, 0.05) is 17.8 Å². The molecule has 1 aromatic carbocycles. The van der Waals surface area contributed by atoms with Crippen molar-refractivity contribution in [3.63, 3.8) is 0 Å². The minimum Gasteiger partial charge on any atom is -0.475 e. The lowest BCUT2D eigenvalue weighted by Gasteiger charge is -2.06. The molecule has 0 saturated heterocycles. The highest BCUT2D eigenvalue weighted by molar-refractivity contribution is 5.84. The highest BCUT2D eigenvalue weighted by Gasteiger charge is 2.12. The molecule has 0 aliphatic heterocycles. The third kappa shape index (κ3) is 3.16. The van der Waals surface area contributed by atoms with Crippen molar-refractivity contribution in [1.82, 2.24) is 0 Å². The SMILES string of the molecule is CCc1cccc(NCc2cc(C(=O)O)oc2C)c1. The fourth-order valence-electron chi connectivity index (χ4n) is 1.90. The molecule has 1 heterocycles.